The van der Waals surface area contributed by atoms with Crippen LogP contribution in [0.25, 0.3) is 16.9 Å². The van der Waals surface area contributed by atoms with Gasteiger partial charge in [0.25, 0.3) is 5.91 Å². The molecule has 0 fully saturated rings. The number of hydrogen-bond acceptors (Lipinski definition) is 4. The molecule has 0 radical (unpaired) electrons. The number of carboxylic acid groups (broad SMARTS) is 1. The Morgan fingerprint density at radius 1 is 1.24 bits per heavy atom. The van der Waals surface area contributed by atoms with Crippen LogP contribution in [-0.2, 0) is 4.79 Å². The Balaban J connectivity index is 2.15. The van der Waals surface area contributed by atoms with Crippen molar-refractivity contribution in [3.05, 3.63) is 58.0 Å². The fourth-order valence-corrected chi connectivity index (χ4v) is 2.32. The Hall–Kier alpha value is -3.56. The van der Waals surface area contributed by atoms with Gasteiger partial charge in [-0.15, -0.1) is 0 Å². The van der Waals surface area contributed by atoms with Gasteiger partial charge >= 0.3 is 5.97 Å². The summed E-state index contributed by atoms with van der Waals surface area (Å²) in [6, 6.07) is 4.13. The SMILES string of the molecule is O=C(O)CNC(=O)c1c(=O)cc(-c2ccc(F)c(F)c2)n2[nH]cnc12. The topological polar surface area (TPSA) is 117 Å². The smallest absolute Gasteiger partial charge is 0.322 e. The summed E-state index contributed by atoms with van der Waals surface area (Å²) in [6.45, 7) is -0.667. The van der Waals surface area contributed by atoms with Crippen LogP contribution in [0.15, 0.2) is 35.4 Å². The monoisotopic (exact) mass is 348 g/mol. The maximum absolute atomic E-state index is 13.5. The van der Waals surface area contributed by atoms with Crippen molar-refractivity contribution in [1.29, 1.82) is 0 Å². The van der Waals surface area contributed by atoms with E-state index < -0.39 is 35.5 Å². The molecular weight excluding hydrogens is 338 g/mol. The number of aromatic nitrogens is 3. The largest absolute Gasteiger partial charge is 0.480 e. The van der Waals surface area contributed by atoms with Crippen LogP contribution in [0, 0.1) is 11.6 Å². The highest BCUT2D eigenvalue weighted by molar-refractivity contribution is 6.01. The highest BCUT2D eigenvalue weighted by Gasteiger charge is 2.20. The molecule has 1 aromatic carbocycles. The van der Waals surface area contributed by atoms with Crippen molar-refractivity contribution < 1.29 is 23.5 Å². The first-order valence-corrected chi connectivity index (χ1v) is 6.93. The first-order valence-electron chi connectivity index (χ1n) is 6.93. The molecule has 3 N–H and O–H groups in total. The number of H-pyrrole nitrogens is 1. The summed E-state index contributed by atoms with van der Waals surface area (Å²) in [4.78, 5) is 38.8. The Morgan fingerprint density at radius 3 is 2.68 bits per heavy atom. The standard InChI is InChI=1S/C15H10F2N4O4/c16-8-2-1-7(3-9(8)17)10-4-11(22)13(14-19-6-20-21(10)14)15(25)18-5-12(23)24/h1-4,6H,5H2,(H,18,25)(H,19,20)(H,23,24). The molecule has 0 atom stereocenters. The van der Waals surface area contributed by atoms with Gasteiger partial charge in [0.1, 0.15) is 18.4 Å². The number of halogens is 2. The quantitative estimate of drug-likeness (QED) is 0.644. The van der Waals surface area contributed by atoms with Gasteiger partial charge in [-0.3, -0.25) is 19.5 Å². The van der Waals surface area contributed by atoms with Gasteiger partial charge < -0.3 is 10.4 Å². The van der Waals surface area contributed by atoms with Gasteiger partial charge in [-0.25, -0.2) is 18.3 Å². The van der Waals surface area contributed by atoms with Crippen LogP contribution >= 0.6 is 0 Å². The number of nitrogens with zero attached hydrogens (tertiary/aromatic N) is 2. The second-order valence-corrected chi connectivity index (χ2v) is 5.02. The molecule has 3 aromatic rings. The average Bonchev–Trinajstić information content (AvgIpc) is 3.03. The zero-order valence-corrected chi connectivity index (χ0v) is 12.4. The van der Waals surface area contributed by atoms with E-state index in [1.807, 2.05) is 0 Å². The summed E-state index contributed by atoms with van der Waals surface area (Å²) in [5.74, 6) is -4.32. The minimum absolute atomic E-state index is 0.0740. The lowest BCUT2D eigenvalue weighted by molar-refractivity contribution is -0.135. The summed E-state index contributed by atoms with van der Waals surface area (Å²) in [5, 5.41) is 13.4. The number of hydrogen-bond donors (Lipinski definition) is 3. The summed E-state index contributed by atoms with van der Waals surface area (Å²) in [5.41, 5.74) is -0.836. The summed E-state index contributed by atoms with van der Waals surface area (Å²) < 4.78 is 27.8. The molecule has 0 aliphatic rings. The lowest BCUT2D eigenvalue weighted by Crippen LogP contribution is -2.33. The normalized spacial score (nSPS) is 10.8. The zero-order chi connectivity index (χ0) is 18.1. The van der Waals surface area contributed by atoms with E-state index in [4.69, 9.17) is 5.11 Å². The molecular formula is C15H10F2N4O4. The van der Waals surface area contributed by atoms with Crippen molar-refractivity contribution in [2.45, 2.75) is 0 Å². The van der Waals surface area contributed by atoms with E-state index in [0.29, 0.717) is 0 Å². The Morgan fingerprint density at radius 2 is 2.00 bits per heavy atom. The van der Waals surface area contributed by atoms with Crippen LogP contribution < -0.4 is 10.7 Å². The van der Waals surface area contributed by atoms with Gasteiger partial charge in [0, 0.05) is 11.6 Å². The third kappa shape index (κ3) is 2.96. The number of carboxylic acids is 1. The van der Waals surface area contributed by atoms with Gasteiger partial charge in [0.2, 0.25) is 0 Å². The molecule has 1 amide bonds. The van der Waals surface area contributed by atoms with Crippen molar-refractivity contribution >= 4 is 17.5 Å². The number of nitrogens with one attached hydrogen (secondary N) is 2. The zero-order valence-electron chi connectivity index (χ0n) is 12.4. The number of benzene rings is 1. The Kier molecular flexibility index (Phi) is 4.01. The molecule has 3 rings (SSSR count). The van der Waals surface area contributed by atoms with Gasteiger partial charge in [-0.05, 0) is 18.2 Å². The second kappa shape index (κ2) is 6.15. The third-order valence-electron chi connectivity index (χ3n) is 3.41. The lowest BCUT2D eigenvalue weighted by atomic mass is 10.1. The molecule has 0 aliphatic carbocycles. The minimum Gasteiger partial charge on any atom is -0.480 e. The maximum atomic E-state index is 13.5. The fourth-order valence-electron chi connectivity index (χ4n) is 2.32. The molecule has 2 aromatic heterocycles. The Labute approximate surface area is 137 Å². The molecule has 8 nitrogen and oxygen atoms in total. The fraction of sp³-hybridized carbons (Fsp3) is 0.0667. The summed E-state index contributed by atoms with van der Waals surface area (Å²) >= 11 is 0. The molecule has 0 unspecified atom stereocenters. The molecule has 0 aliphatic heterocycles. The van der Waals surface area contributed by atoms with E-state index in [1.165, 1.54) is 16.9 Å². The predicted octanol–water partition coefficient (Wildman–Crippen LogP) is 0.782. The minimum atomic E-state index is -1.27. The molecule has 128 valence electrons. The third-order valence-corrected chi connectivity index (χ3v) is 3.41. The van der Waals surface area contributed by atoms with E-state index in [0.717, 1.165) is 18.2 Å². The number of amides is 1. The first-order chi connectivity index (χ1) is 11.9. The highest BCUT2D eigenvalue weighted by atomic mass is 19.2. The van der Waals surface area contributed by atoms with Crippen molar-refractivity contribution in [3.8, 4) is 11.3 Å². The van der Waals surface area contributed by atoms with Crippen LogP contribution in [0.1, 0.15) is 10.4 Å². The van der Waals surface area contributed by atoms with Gasteiger partial charge in [0.15, 0.2) is 22.7 Å². The number of carbonyl (C=O) groups excluding carboxylic acids is 1. The van der Waals surface area contributed by atoms with E-state index >= 15 is 0 Å². The van der Waals surface area contributed by atoms with Crippen molar-refractivity contribution in [2.24, 2.45) is 0 Å². The summed E-state index contributed by atoms with van der Waals surface area (Å²) in [6.07, 6.45) is 1.20. The number of aromatic amines is 1. The van der Waals surface area contributed by atoms with Gasteiger partial charge in [-0.2, -0.15) is 0 Å². The first kappa shape index (κ1) is 16.3. The number of carbonyl (C=O) groups is 2. The molecule has 0 spiro atoms. The summed E-state index contributed by atoms with van der Waals surface area (Å²) in [7, 11) is 0. The Bertz CT molecular complexity index is 1060. The molecule has 0 saturated heterocycles. The van der Waals surface area contributed by atoms with Crippen LogP contribution in [0.5, 0.6) is 0 Å². The number of pyridine rings is 1. The molecule has 0 bridgehead atoms. The number of rotatable bonds is 4. The van der Waals surface area contributed by atoms with Gasteiger partial charge in [-0.1, -0.05) is 0 Å². The number of fused-ring (bicyclic) bond motifs is 1. The predicted molar refractivity (Wildman–Crippen MR) is 81.1 cm³/mol. The molecule has 2 heterocycles. The maximum Gasteiger partial charge on any atom is 0.322 e. The van der Waals surface area contributed by atoms with E-state index in [2.05, 4.69) is 15.4 Å². The van der Waals surface area contributed by atoms with Crippen LogP contribution in [0.2, 0.25) is 0 Å². The van der Waals surface area contributed by atoms with Crippen molar-refractivity contribution in [2.75, 3.05) is 6.54 Å². The van der Waals surface area contributed by atoms with E-state index in [-0.39, 0.29) is 22.5 Å². The van der Waals surface area contributed by atoms with Gasteiger partial charge in [0.05, 0.1) is 5.69 Å². The van der Waals surface area contributed by atoms with Crippen molar-refractivity contribution in [1.82, 2.24) is 19.9 Å². The molecule has 0 saturated carbocycles. The molecule has 10 heteroatoms. The van der Waals surface area contributed by atoms with Crippen molar-refractivity contribution in [3.63, 3.8) is 0 Å². The van der Waals surface area contributed by atoms with Crippen LogP contribution in [0.3, 0.4) is 0 Å². The molecule has 25 heavy (non-hydrogen) atoms. The average molecular weight is 348 g/mol. The highest BCUT2D eigenvalue weighted by Crippen LogP contribution is 2.21. The van der Waals surface area contributed by atoms with E-state index in [9.17, 15) is 23.2 Å². The lowest BCUT2D eigenvalue weighted by Gasteiger charge is -2.08. The van der Waals surface area contributed by atoms with E-state index in [1.54, 1.807) is 0 Å². The second-order valence-electron chi connectivity index (χ2n) is 5.02. The number of aliphatic carboxylic acids is 1. The van der Waals surface area contributed by atoms with Crippen LogP contribution in [0.4, 0.5) is 8.78 Å². The van der Waals surface area contributed by atoms with Crippen LogP contribution in [-0.4, -0.2) is 38.1 Å².